The number of anilines is 1. The normalized spacial score (nSPS) is 35.1. The average Bonchev–Trinajstić information content (AvgIpc) is 3.54. The van der Waals surface area contributed by atoms with Crippen LogP contribution in [0.15, 0.2) is 23.3 Å². The molecule has 0 N–H and O–H groups in total. The first-order chi connectivity index (χ1) is 21.9. The fourth-order valence-corrected chi connectivity index (χ4v) is 10.4. The van der Waals surface area contributed by atoms with E-state index in [1.54, 1.807) is 18.3 Å². The lowest BCUT2D eigenvalue weighted by Gasteiger charge is -2.51. The Balaban J connectivity index is 1.72. The minimum absolute atomic E-state index is 0.100. The van der Waals surface area contributed by atoms with Crippen molar-refractivity contribution >= 4 is 40.6 Å². The molecule has 48 heavy (non-hydrogen) atoms. The van der Waals surface area contributed by atoms with Gasteiger partial charge < -0.3 is 23.5 Å². The molecule has 4 saturated carbocycles. The molecular weight excluding hydrogens is 608 g/mol. The van der Waals surface area contributed by atoms with Gasteiger partial charge in [-0.1, -0.05) is 40.3 Å². The molecule has 2 aromatic rings. The molecule has 0 saturated heterocycles. The standard InChI is InChI=1S/C39H54N2O7/c1-15-22-20-23-27(40-21-22)26(29(42)45-14)28(46-23)41(38-24(34(38,8)9)16-18-36(12,30(38)43)47-32(2,3)4)39-25(35(39,10)11)17-19-37(13,31(39)44)48-33(5,6)7/h15,20-21,24-25H,1,16-19H2,2-14H3. The summed E-state index contributed by atoms with van der Waals surface area (Å²) in [4.78, 5) is 51.7. The van der Waals surface area contributed by atoms with Crippen molar-refractivity contribution in [3.8, 4) is 0 Å². The van der Waals surface area contributed by atoms with Gasteiger partial charge in [0.25, 0.3) is 0 Å². The molecule has 0 radical (unpaired) electrons. The predicted molar refractivity (Wildman–Crippen MR) is 185 cm³/mol. The lowest BCUT2D eigenvalue weighted by atomic mass is 9.74. The number of carbonyl (C=O) groups excluding carboxylic acids is 3. The summed E-state index contributed by atoms with van der Waals surface area (Å²) in [5.41, 5.74) is -5.76. The molecule has 0 aromatic carbocycles. The molecule has 6 unspecified atom stereocenters. The molecule has 4 aliphatic carbocycles. The largest absolute Gasteiger partial charge is 0.465 e. The van der Waals surface area contributed by atoms with E-state index in [1.165, 1.54) is 7.11 Å². The average molecular weight is 663 g/mol. The van der Waals surface area contributed by atoms with Gasteiger partial charge in [-0.25, -0.2) is 4.79 Å². The van der Waals surface area contributed by atoms with Crippen molar-refractivity contribution in [3.63, 3.8) is 0 Å². The summed E-state index contributed by atoms with van der Waals surface area (Å²) in [6.45, 7) is 27.8. The van der Waals surface area contributed by atoms with Gasteiger partial charge in [0.2, 0.25) is 5.88 Å². The van der Waals surface area contributed by atoms with E-state index in [2.05, 4.69) is 39.3 Å². The first-order valence-electron chi connectivity index (χ1n) is 17.3. The van der Waals surface area contributed by atoms with E-state index in [0.29, 0.717) is 42.3 Å². The number of ketones is 2. The molecule has 6 rings (SSSR count). The Morgan fingerprint density at radius 2 is 1.35 bits per heavy atom. The van der Waals surface area contributed by atoms with Crippen LogP contribution in [0.25, 0.3) is 17.2 Å². The Morgan fingerprint density at radius 3 is 1.75 bits per heavy atom. The molecule has 0 aliphatic heterocycles. The lowest BCUT2D eigenvalue weighted by Crippen LogP contribution is -2.69. The lowest BCUT2D eigenvalue weighted by molar-refractivity contribution is -0.174. The van der Waals surface area contributed by atoms with Crippen LogP contribution in [-0.4, -0.2) is 63.1 Å². The van der Waals surface area contributed by atoms with Crippen molar-refractivity contribution < 1.29 is 33.0 Å². The monoisotopic (exact) mass is 662 g/mol. The van der Waals surface area contributed by atoms with E-state index in [1.807, 2.05) is 60.3 Å². The third kappa shape index (κ3) is 4.34. The second-order valence-electron chi connectivity index (χ2n) is 18.1. The Kier molecular flexibility index (Phi) is 7.27. The summed E-state index contributed by atoms with van der Waals surface area (Å²) in [6.07, 6.45) is 5.75. The fraction of sp³-hybridized carbons (Fsp3) is 0.692. The minimum atomic E-state index is -1.25. The molecule has 4 fully saturated rings. The molecular formula is C39H54N2O7. The van der Waals surface area contributed by atoms with Gasteiger partial charge in [0, 0.05) is 17.0 Å². The summed E-state index contributed by atoms with van der Waals surface area (Å²) in [7, 11) is 1.32. The van der Waals surface area contributed by atoms with Crippen molar-refractivity contribution in [1.82, 2.24) is 4.98 Å². The van der Waals surface area contributed by atoms with Crippen LogP contribution >= 0.6 is 0 Å². The summed E-state index contributed by atoms with van der Waals surface area (Å²) in [5, 5.41) is 0. The zero-order valence-electron chi connectivity index (χ0n) is 31.2. The van der Waals surface area contributed by atoms with Gasteiger partial charge >= 0.3 is 5.97 Å². The number of furan rings is 1. The number of carbonyl (C=O) groups is 3. The highest BCUT2D eigenvalue weighted by Crippen LogP contribution is 2.80. The minimum Gasteiger partial charge on any atom is -0.465 e. The molecule has 2 heterocycles. The SMILES string of the molecule is C=Cc1cnc2c(C(=O)OC)c(N(C34C(=O)C(C)(OC(C)(C)C)CCC3C4(C)C)C34C(=O)C(C)(OC(C)(C)C)CCC3C4(C)C)oc2c1. The number of hydrogen-bond donors (Lipinski definition) is 0. The van der Waals surface area contributed by atoms with E-state index in [-0.39, 0.29) is 34.8 Å². The van der Waals surface area contributed by atoms with Crippen molar-refractivity contribution in [2.75, 3.05) is 12.0 Å². The molecule has 262 valence electrons. The predicted octanol–water partition coefficient (Wildman–Crippen LogP) is 7.73. The van der Waals surface area contributed by atoms with Crippen LogP contribution in [0.4, 0.5) is 5.88 Å². The summed E-state index contributed by atoms with van der Waals surface area (Å²) < 4.78 is 25.5. The number of fused-ring (bicyclic) bond motifs is 3. The van der Waals surface area contributed by atoms with Crippen LogP contribution in [0, 0.1) is 22.7 Å². The van der Waals surface area contributed by atoms with Crippen LogP contribution < -0.4 is 4.90 Å². The number of esters is 1. The van der Waals surface area contributed by atoms with E-state index in [0.717, 1.165) is 0 Å². The van der Waals surface area contributed by atoms with E-state index in [9.17, 15) is 4.79 Å². The number of rotatable bonds is 7. The van der Waals surface area contributed by atoms with Crippen LogP contribution in [0.1, 0.15) is 125 Å². The molecule has 0 spiro atoms. The van der Waals surface area contributed by atoms with Gasteiger partial charge in [-0.15, -0.1) is 0 Å². The highest BCUT2D eigenvalue weighted by molar-refractivity contribution is 6.14. The van der Waals surface area contributed by atoms with E-state index in [4.69, 9.17) is 18.6 Å². The van der Waals surface area contributed by atoms with Crippen molar-refractivity contribution in [3.05, 3.63) is 30.0 Å². The van der Waals surface area contributed by atoms with Gasteiger partial charge in [-0.05, 0) is 105 Å². The van der Waals surface area contributed by atoms with Crippen molar-refractivity contribution in [2.45, 2.75) is 142 Å². The number of ether oxygens (including phenoxy) is 3. The third-order valence-electron chi connectivity index (χ3n) is 12.1. The number of hydrogen-bond acceptors (Lipinski definition) is 9. The number of methoxy groups -OCH3 is 1. The Labute approximate surface area is 285 Å². The van der Waals surface area contributed by atoms with Gasteiger partial charge in [0.15, 0.2) is 17.1 Å². The van der Waals surface area contributed by atoms with Gasteiger partial charge in [0.05, 0.1) is 18.3 Å². The molecule has 4 aliphatic rings. The Morgan fingerprint density at radius 1 is 0.896 bits per heavy atom. The maximum atomic E-state index is 15.6. The van der Waals surface area contributed by atoms with Crippen molar-refractivity contribution in [2.24, 2.45) is 22.7 Å². The molecule has 2 aromatic heterocycles. The highest BCUT2D eigenvalue weighted by atomic mass is 16.5. The summed E-state index contributed by atoms with van der Waals surface area (Å²) >= 11 is 0. The van der Waals surface area contributed by atoms with Crippen LogP contribution in [0.5, 0.6) is 0 Å². The molecule has 9 heteroatoms. The molecule has 6 atom stereocenters. The fourth-order valence-electron chi connectivity index (χ4n) is 10.4. The number of pyridine rings is 1. The zero-order chi connectivity index (χ0) is 35.8. The number of Topliss-reactive ketones (excluding diaryl/α,β-unsaturated/α-hetero) is 2. The highest BCUT2D eigenvalue weighted by Gasteiger charge is 2.91. The summed E-state index contributed by atoms with van der Waals surface area (Å²) in [5.74, 6) is -0.997. The zero-order valence-corrected chi connectivity index (χ0v) is 31.2. The molecule has 0 bridgehead atoms. The number of nitrogens with zero attached hydrogens (tertiary/aromatic N) is 2. The smallest absolute Gasteiger partial charge is 0.345 e. The Bertz CT molecular complexity index is 1670. The van der Waals surface area contributed by atoms with Gasteiger partial charge in [-0.3, -0.25) is 14.6 Å². The third-order valence-corrected chi connectivity index (χ3v) is 12.1. The van der Waals surface area contributed by atoms with Gasteiger partial charge in [-0.2, -0.15) is 0 Å². The Hall–Kier alpha value is -3.04. The van der Waals surface area contributed by atoms with Crippen LogP contribution in [-0.2, 0) is 23.8 Å². The first kappa shape index (κ1) is 34.8. The van der Waals surface area contributed by atoms with Crippen LogP contribution in [0.2, 0.25) is 0 Å². The van der Waals surface area contributed by atoms with Crippen LogP contribution in [0.3, 0.4) is 0 Å². The molecule has 9 nitrogen and oxygen atoms in total. The first-order valence-corrected chi connectivity index (χ1v) is 17.3. The van der Waals surface area contributed by atoms with Crippen molar-refractivity contribution in [1.29, 1.82) is 0 Å². The second kappa shape index (κ2) is 10.0. The molecule has 0 amide bonds. The number of aromatic nitrogens is 1. The second-order valence-corrected chi connectivity index (χ2v) is 18.1. The topological polar surface area (TPSA) is 108 Å². The quantitative estimate of drug-likeness (QED) is 0.275. The van der Waals surface area contributed by atoms with Gasteiger partial charge in [0.1, 0.15) is 33.4 Å². The maximum Gasteiger partial charge on any atom is 0.345 e. The summed E-state index contributed by atoms with van der Waals surface area (Å²) in [6, 6.07) is 1.77. The maximum absolute atomic E-state index is 15.6. The van der Waals surface area contributed by atoms with E-state index >= 15 is 9.59 Å². The van der Waals surface area contributed by atoms with E-state index < -0.39 is 50.3 Å².